The summed E-state index contributed by atoms with van der Waals surface area (Å²) in [7, 11) is 0. The van der Waals surface area contributed by atoms with Gasteiger partial charge in [0.25, 0.3) is 0 Å². The number of hydrogen-bond acceptors (Lipinski definition) is 1. The molecule has 0 amide bonds. The van der Waals surface area contributed by atoms with Crippen molar-refractivity contribution in [2.24, 2.45) is 4.99 Å². The Bertz CT molecular complexity index is 108. The van der Waals surface area contributed by atoms with Gasteiger partial charge in [0.15, 0.2) is 0 Å². The molecule has 1 heteroatoms. The predicted octanol–water partition coefficient (Wildman–Crippen LogP) is 3.68. The summed E-state index contributed by atoms with van der Waals surface area (Å²) < 4.78 is 0. The van der Waals surface area contributed by atoms with Crippen molar-refractivity contribution in [1.29, 1.82) is 0 Å². The smallest absolute Gasteiger partial charge is 0.0548 e. The molecule has 11 heavy (non-hydrogen) atoms. The van der Waals surface area contributed by atoms with Gasteiger partial charge in [-0.25, -0.2) is 0 Å². The topological polar surface area (TPSA) is 12.4 Å². The van der Waals surface area contributed by atoms with Gasteiger partial charge in [-0.2, -0.15) is 0 Å². The van der Waals surface area contributed by atoms with Crippen LogP contribution >= 0.6 is 0 Å². The molecule has 0 atom stereocenters. The fourth-order valence-corrected chi connectivity index (χ4v) is 0.684. The van der Waals surface area contributed by atoms with Crippen molar-refractivity contribution < 1.29 is 0 Å². The van der Waals surface area contributed by atoms with Gasteiger partial charge in [0.2, 0.25) is 0 Å². The first-order valence-electron chi connectivity index (χ1n) is 4.51. The second kappa shape index (κ2) is 6.38. The molecule has 0 heterocycles. The highest BCUT2D eigenvalue weighted by molar-refractivity contribution is 5.79. The van der Waals surface area contributed by atoms with Crippen LogP contribution in [0.1, 0.15) is 54.9 Å². The largest absolute Gasteiger partial charge is 0.289 e. The molecule has 0 saturated carbocycles. The minimum atomic E-state index is 0.152. The predicted molar refractivity (Wildman–Crippen MR) is 54.5 cm³/mol. The fraction of sp³-hybridized carbons (Fsp3) is 0.900. The Morgan fingerprint density at radius 2 is 1.55 bits per heavy atom. The van der Waals surface area contributed by atoms with Crippen molar-refractivity contribution in [2.45, 2.75) is 60.4 Å². The number of hydrogen-bond donors (Lipinski definition) is 0. The van der Waals surface area contributed by atoms with Crippen molar-refractivity contribution >= 4 is 5.71 Å². The quantitative estimate of drug-likeness (QED) is 0.542. The van der Waals surface area contributed by atoms with Gasteiger partial charge in [0.05, 0.1) is 5.54 Å². The summed E-state index contributed by atoms with van der Waals surface area (Å²) in [5, 5.41) is 0. The van der Waals surface area contributed by atoms with Crippen LogP contribution in [0.4, 0.5) is 0 Å². The highest BCUT2D eigenvalue weighted by Gasteiger charge is 2.10. The van der Waals surface area contributed by atoms with Gasteiger partial charge in [-0.15, -0.1) is 0 Å². The average molecular weight is 157 g/mol. The van der Waals surface area contributed by atoms with E-state index >= 15 is 0 Å². The number of rotatable bonds is 2. The lowest BCUT2D eigenvalue weighted by Crippen LogP contribution is -2.15. The Kier molecular flexibility index (Phi) is 7.70. The molecule has 0 fully saturated rings. The molecule has 0 N–H and O–H groups in total. The SMILES string of the molecule is CC.CCC(C)(C)N=C(C)C. The standard InChI is InChI=1S/C8H17N.C2H6/c1-6-8(4,5)9-7(2)3;1-2/h6H2,1-5H3;1-2H3. The van der Waals surface area contributed by atoms with E-state index < -0.39 is 0 Å². The summed E-state index contributed by atoms with van der Waals surface area (Å²) in [6, 6.07) is 0. The van der Waals surface area contributed by atoms with E-state index in [2.05, 4.69) is 25.8 Å². The van der Waals surface area contributed by atoms with Gasteiger partial charge in [-0.05, 0) is 34.1 Å². The minimum absolute atomic E-state index is 0.152. The Balaban J connectivity index is 0. The molecular formula is C10H23N. The van der Waals surface area contributed by atoms with Crippen molar-refractivity contribution in [3.8, 4) is 0 Å². The molecule has 0 aromatic heterocycles. The van der Waals surface area contributed by atoms with E-state index in [1.807, 2.05) is 27.7 Å². The maximum atomic E-state index is 4.44. The lowest BCUT2D eigenvalue weighted by Gasteiger charge is -2.17. The molecule has 0 radical (unpaired) electrons. The molecule has 0 spiro atoms. The molecule has 0 bridgehead atoms. The van der Waals surface area contributed by atoms with Gasteiger partial charge in [-0.1, -0.05) is 20.8 Å². The minimum Gasteiger partial charge on any atom is -0.289 e. The maximum absolute atomic E-state index is 4.44. The van der Waals surface area contributed by atoms with Crippen LogP contribution in [0.3, 0.4) is 0 Å². The van der Waals surface area contributed by atoms with Gasteiger partial charge in [0, 0.05) is 5.71 Å². The number of aliphatic imine (C=N–C) groups is 1. The summed E-state index contributed by atoms with van der Waals surface area (Å²) in [6.45, 7) is 14.5. The highest BCUT2D eigenvalue weighted by atomic mass is 14.8. The lowest BCUT2D eigenvalue weighted by atomic mass is 10.0. The van der Waals surface area contributed by atoms with E-state index in [-0.39, 0.29) is 5.54 Å². The molecule has 0 aliphatic carbocycles. The van der Waals surface area contributed by atoms with Crippen LogP contribution in [-0.4, -0.2) is 11.3 Å². The zero-order valence-electron chi connectivity index (χ0n) is 9.15. The highest BCUT2D eigenvalue weighted by Crippen LogP contribution is 2.12. The average Bonchev–Trinajstić information content (AvgIpc) is 1.90. The van der Waals surface area contributed by atoms with Crippen LogP contribution in [0.2, 0.25) is 0 Å². The first-order valence-corrected chi connectivity index (χ1v) is 4.51. The van der Waals surface area contributed by atoms with E-state index in [4.69, 9.17) is 0 Å². The fourth-order valence-electron chi connectivity index (χ4n) is 0.684. The van der Waals surface area contributed by atoms with E-state index in [1.54, 1.807) is 0 Å². The summed E-state index contributed by atoms with van der Waals surface area (Å²) in [4.78, 5) is 4.44. The molecule has 0 saturated heterocycles. The van der Waals surface area contributed by atoms with Gasteiger partial charge < -0.3 is 0 Å². The maximum Gasteiger partial charge on any atom is 0.0548 e. The van der Waals surface area contributed by atoms with Crippen molar-refractivity contribution in [3.63, 3.8) is 0 Å². The lowest BCUT2D eigenvalue weighted by molar-refractivity contribution is 0.505. The van der Waals surface area contributed by atoms with Crippen LogP contribution in [0.5, 0.6) is 0 Å². The van der Waals surface area contributed by atoms with Crippen LogP contribution < -0.4 is 0 Å². The number of nitrogens with zero attached hydrogens (tertiary/aromatic N) is 1. The third kappa shape index (κ3) is 9.67. The van der Waals surface area contributed by atoms with Gasteiger partial charge in [0.1, 0.15) is 0 Å². The Morgan fingerprint density at radius 1 is 1.18 bits per heavy atom. The summed E-state index contributed by atoms with van der Waals surface area (Å²) in [5.41, 5.74) is 1.32. The van der Waals surface area contributed by atoms with Crippen LogP contribution in [0.25, 0.3) is 0 Å². The zero-order valence-corrected chi connectivity index (χ0v) is 9.15. The second-order valence-electron chi connectivity index (χ2n) is 3.23. The molecule has 0 aromatic rings. The monoisotopic (exact) mass is 157 g/mol. The van der Waals surface area contributed by atoms with E-state index in [0.29, 0.717) is 0 Å². The summed E-state index contributed by atoms with van der Waals surface area (Å²) in [5.74, 6) is 0. The molecule has 0 aliphatic heterocycles. The van der Waals surface area contributed by atoms with E-state index in [1.165, 1.54) is 5.71 Å². The van der Waals surface area contributed by atoms with E-state index in [0.717, 1.165) is 6.42 Å². The first-order chi connectivity index (χ1) is 4.98. The second-order valence-corrected chi connectivity index (χ2v) is 3.23. The Morgan fingerprint density at radius 3 is 1.64 bits per heavy atom. The van der Waals surface area contributed by atoms with Crippen LogP contribution in [0.15, 0.2) is 4.99 Å². The van der Waals surface area contributed by atoms with Crippen molar-refractivity contribution in [1.82, 2.24) is 0 Å². The third-order valence-electron chi connectivity index (χ3n) is 1.39. The summed E-state index contributed by atoms with van der Waals surface area (Å²) >= 11 is 0. The molecular weight excluding hydrogens is 134 g/mol. The summed E-state index contributed by atoms with van der Waals surface area (Å²) in [6.07, 6.45) is 1.11. The van der Waals surface area contributed by atoms with Gasteiger partial charge in [-0.3, -0.25) is 4.99 Å². The Labute approximate surface area is 71.9 Å². The first kappa shape index (κ1) is 13.3. The van der Waals surface area contributed by atoms with Crippen LogP contribution in [0, 0.1) is 0 Å². The van der Waals surface area contributed by atoms with Gasteiger partial charge >= 0.3 is 0 Å². The molecule has 0 aliphatic rings. The van der Waals surface area contributed by atoms with Crippen molar-refractivity contribution in [3.05, 3.63) is 0 Å². The molecule has 0 unspecified atom stereocenters. The zero-order chi connectivity index (χ0) is 9.49. The molecule has 0 aromatic carbocycles. The third-order valence-corrected chi connectivity index (χ3v) is 1.39. The molecule has 0 rings (SSSR count). The molecule has 68 valence electrons. The normalized spacial score (nSPS) is 9.73. The molecule has 1 nitrogen and oxygen atoms in total. The van der Waals surface area contributed by atoms with Crippen LogP contribution in [-0.2, 0) is 0 Å². The van der Waals surface area contributed by atoms with Crippen molar-refractivity contribution in [2.75, 3.05) is 0 Å². The Hall–Kier alpha value is -0.330. The van der Waals surface area contributed by atoms with E-state index in [9.17, 15) is 0 Å².